The Hall–Kier alpha value is -2.14. The van der Waals surface area contributed by atoms with Gasteiger partial charge in [0.1, 0.15) is 12.1 Å². The van der Waals surface area contributed by atoms with E-state index >= 15 is 0 Å². The standard InChI is InChI=1S/C13H12ClN5/c1-8-5-10(14)3-4-11(8)18-12-6-9(2)17-13-15-7-16-19(12)13/h3-7,18H,1-2H3. The Morgan fingerprint density at radius 1 is 1.21 bits per heavy atom. The third kappa shape index (κ3) is 2.24. The summed E-state index contributed by atoms with van der Waals surface area (Å²) >= 11 is 5.96. The first-order valence-electron chi connectivity index (χ1n) is 5.84. The third-order valence-electron chi connectivity index (χ3n) is 2.83. The fraction of sp³-hybridized carbons (Fsp3) is 0.154. The van der Waals surface area contributed by atoms with E-state index in [0.29, 0.717) is 5.78 Å². The molecule has 0 spiro atoms. The van der Waals surface area contributed by atoms with Gasteiger partial charge in [-0.25, -0.2) is 4.98 Å². The van der Waals surface area contributed by atoms with Crippen molar-refractivity contribution in [1.82, 2.24) is 19.6 Å². The van der Waals surface area contributed by atoms with E-state index in [1.807, 2.05) is 38.1 Å². The van der Waals surface area contributed by atoms with Crippen molar-refractivity contribution in [3.8, 4) is 0 Å². The summed E-state index contributed by atoms with van der Waals surface area (Å²) in [6.07, 6.45) is 1.49. The minimum atomic E-state index is 0.578. The van der Waals surface area contributed by atoms with E-state index < -0.39 is 0 Å². The molecule has 5 nitrogen and oxygen atoms in total. The van der Waals surface area contributed by atoms with Crippen LogP contribution in [0.5, 0.6) is 0 Å². The number of halogens is 1. The van der Waals surface area contributed by atoms with Gasteiger partial charge in [0.25, 0.3) is 5.78 Å². The zero-order valence-electron chi connectivity index (χ0n) is 10.6. The van der Waals surface area contributed by atoms with Gasteiger partial charge in [0.05, 0.1) is 0 Å². The van der Waals surface area contributed by atoms with Crippen LogP contribution >= 0.6 is 11.6 Å². The Morgan fingerprint density at radius 2 is 2.05 bits per heavy atom. The summed E-state index contributed by atoms with van der Waals surface area (Å²) in [5.74, 6) is 1.40. The number of aryl methyl sites for hydroxylation is 2. The van der Waals surface area contributed by atoms with Crippen molar-refractivity contribution in [3.63, 3.8) is 0 Å². The monoisotopic (exact) mass is 273 g/mol. The molecule has 1 aromatic carbocycles. The molecular weight excluding hydrogens is 262 g/mol. The second-order valence-corrected chi connectivity index (χ2v) is 4.78. The minimum Gasteiger partial charge on any atom is -0.340 e. The van der Waals surface area contributed by atoms with E-state index in [1.165, 1.54) is 6.33 Å². The zero-order chi connectivity index (χ0) is 13.4. The van der Waals surface area contributed by atoms with Crippen LogP contribution < -0.4 is 5.32 Å². The highest BCUT2D eigenvalue weighted by Gasteiger charge is 2.07. The maximum Gasteiger partial charge on any atom is 0.254 e. The summed E-state index contributed by atoms with van der Waals surface area (Å²) in [7, 11) is 0. The quantitative estimate of drug-likeness (QED) is 0.779. The first-order chi connectivity index (χ1) is 9.13. The van der Waals surface area contributed by atoms with Crippen LogP contribution in [-0.2, 0) is 0 Å². The van der Waals surface area contributed by atoms with E-state index in [2.05, 4.69) is 20.4 Å². The van der Waals surface area contributed by atoms with Crippen molar-refractivity contribution < 1.29 is 0 Å². The Kier molecular flexibility index (Phi) is 2.83. The number of hydrogen-bond donors (Lipinski definition) is 1. The molecule has 0 saturated heterocycles. The largest absolute Gasteiger partial charge is 0.340 e. The van der Waals surface area contributed by atoms with Crippen LogP contribution in [0, 0.1) is 13.8 Å². The minimum absolute atomic E-state index is 0.578. The lowest BCUT2D eigenvalue weighted by atomic mass is 10.2. The van der Waals surface area contributed by atoms with Crippen molar-refractivity contribution in [2.45, 2.75) is 13.8 Å². The van der Waals surface area contributed by atoms with Crippen LogP contribution in [0.1, 0.15) is 11.3 Å². The van der Waals surface area contributed by atoms with Crippen molar-refractivity contribution in [2.24, 2.45) is 0 Å². The fourth-order valence-corrected chi connectivity index (χ4v) is 2.15. The Bertz CT molecular complexity index is 750. The molecule has 6 heteroatoms. The molecule has 0 saturated carbocycles. The van der Waals surface area contributed by atoms with E-state index in [1.54, 1.807) is 4.52 Å². The second kappa shape index (κ2) is 4.51. The summed E-state index contributed by atoms with van der Waals surface area (Å²) in [6.45, 7) is 3.93. The first kappa shape index (κ1) is 11.9. The molecule has 0 fully saturated rings. The van der Waals surface area contributed by atoms with E-state index in [9.17, 15) is 0 Å². The van der Waals surface area contributed by atoms with Crippen LogP contribution in [0.25, 0.3) is 5.78 Å². The molecule has 0 aliphatic carbocycles. The summed E-state index contributed by atoms with van der Waals surface area (Å²) in [5, 5.41) is 8.21. The molecule has 0 aliphatic heterocycles. The number of anilines is 2. The van der Waals surface area contributed by atoms with E-state index in [-0.39, 0.29) is 0 Å². The number of aromatic nitrogens is 4. The van der Waals surface area contributed by atoms with Gasteiger partial charge in [-0.15, -0.1) is 0 Å². The van der Waals surface area contributed by atoms with Crippen LogP contribution in [0.2, 0.25) is 5.02 Å². The SMILES string of the molecule is Cc1cc(Nc2ccc(Cl)cc2C)n2ncnc2n1. The maximum absolute atomic E-state index is 5.96. The molecule has 0 amide bonds. The Labute approximate surface area is 115 Å². The Balaban J connectivity index is 2.07. The van der Waals surface area contributed by atoms with Crippen molar-refractivity contribution in [2.75, 3.05) is 5.32 Å². The smallest absolute Gasteiger partial charge is 0.254 e. The normalized spacial score (nSPS) is 10.9. The molecule has 2 aromatic heterocycles. The molecule has 0 aliphatic rings. The lowest BCUT2D eigenvalue weighted by molar-refractivity contribution is 0.937. The van der Waals surface area contributed by atoms with Crippen LogP contribution in [-0.4, -0.2) is 19.6 Å². The van der Waals surface area contributed by atoms with Gasteiger partial charge in [0, 0.05) is 22.5 Å². The van der Waals surface area contributed by atoms with Crippen LogP contribution in [0.15, 0.2) is 30.6 Å². The van der Waals surface area contributed by atoms with Crippen molar-refractivity contribution in [1.29, 1.82) is 0 Å². The number of fused-ring (bicyclic) bond motifs is 1. The molecule has 0 bridgehead atoms. The number of rotatable bonds is 2. The number of hydrogen-bond acceptors (Lipinski definition) is 4. The number of nitrogens with one attached hydrogen (secondary N) is 1. The number of benzene rings is 1. The number of nitrogens with zero attached hydrogens (tertiary/aromatic N) is 4. The highest BCUT2D eigenvalue weighted by atomic mass is 35.5. The molecule has 0 atom stereocenters. The van der Waals surface area contributed by atoms with Gasteiger partial charge in [0.2, 0.25) is 0 Å². The van der Waals surface area contributed by atoms with Gasteiger partial charge in [0.15, 0.2) is 0 Å². The van der Waals surface area contributed by atoms with Gasteiger partial charge in [-0.3, -0.25) is 0 Å². The van der Waals surface area contributed by atoms with Gasteiger partial charge in [-0.2, -0.15) is 14.6 Å². The summed E-state index contributed by atoms with van der Waals surface area (Å²) < 4.78 is 1.67. The molecule has 2 heterocycles. The molecule has 19 heavy (non-hydrogen) atoms. The molecule has 96 valence electrons. The third-order valence-corrected chi connectivity index (χ3v) is 3.07. The van der Waals surface area contributed by atoms with Crippen LogP contribution in [0.4, 0.5) is 11.5 Å². The molecule has 3 rings (SSSR count). The predicted octanol–water partition coefficient (Wildman–Crippen LogP) is 3.14. The topological polar surface area (TPSA) is 55.1 Å². The summed E-state index contributed by atoms with van der Waals surface area (Å²) in [6, 6.07) is 7.63. The highest BCUT2D eigenvalue weighted by molar-refractivity contribution is 6.30. The van der Waals surface area contributed by atoms with Gasteiger partial charge in [-0.05, 0) is 37.6 Å². The maximum atomic E-state index is 5.96. The summed E-state index contributed by atoms with van der Waals surface area (Å²) in [4.78, 5) is 8.40. The van der Waals surface area contributed by atoms with Gasteiger partial charge in [-0.1, -0.05) is 11.6 Å². The lowest BCUT2D eigenvalue weighted by Gasteiger charge is -2.11. The molecule has 0 unspecified atom stereocenters. The van der Waals surface area contributed by atoms with Crippen molar-refractivity contribution >= 4 is 28.9 Å². The average Bonchev–Trinajstić information content (AvgIpc) is 2.80. The van der Waals surface area contributed by atoms with Gasteiger partial charge >= 0.3 is 0 Å². The lowest BCUT2D eigenvalue weighted by Crippen LogP contribution is -2.03. The molecular formula is C13H12ClN5. The molecule has 3 aromatic rings. The second-order valence-electron chi connectivity index (χ2n) is 4.34. The highest BCUT2D eigenvalue weighted by Crippen LogP contribution is 2.23. The fourth-order valence-electron chi connectivity index (χ4n) is 1.92. The average molecular weight is 274 g/mol. The van der Waals surface area contributed by atoms with Gasteiger partial charge < -0.3 is 5.32 Å². The van der Waals surface area contributed by atoms with Crippen molar-refractivity contribution in [3.05, 3.63) is 46.9 Å². The van der Waals surface area contributed by atoms with E-state index in [0.717, 1.165) is 27.8 Å². The first-order valence-corrected chi connectivity index (χ1v) is 6.22. The summed E-state index contributed by atoms with van der Waals surface area (Å²) in [5.41, 5.74) is 2.93. The van der Waals surface area contributed by atoms with E-state index in [4.69, 9.17) is 11.6 Å². The molecule has 0 radical (unpaired) electrons. The molecule has 1 N–H and O–H groups in total. The predicted molar refractivity (Wildman–Crippen MR) is 75.0 cm³/mol. The zero-order valence-corrected chi connectivity index (χ0v) is 11.3. The van der Waals surface area contributed by atoms with Crippen LogP contribution in [0.3, 0.4) is 0 Å². The Morgan fingerprint density at radius 3 is 2.84 bits per heavy atom.